The second-order valence-electron chi connectivity index (χ2n) is 5.09. The zero-order chi connectivity index (χ0) is 13.4. The molecule has 0 fully saturated rings. The van der Waals surface area contributed by atoms with E-state index in [0.717, 1.165) is 49.7 Å². The molecule has 1 aliphatic heterocycles. The number of thiophene rings is 1. The van der Waals surface area contributed by atoms with Crippen molar-refractivity contribution in [2.45, 2.75) is 39.8 Å². The van der Waals surface area contributed by atoms with Gasteiger partial charge >= 0.3 is 0 Å². The van der Waals surface area contributed by atoms with E-state index in [9.17, 15) is 0 Å². The number of fused-ring (bicyclic) bond motifs is 1. The smallest absolute Gasteiger partial charge is 0.150 e. The molecular weight excluding hydrogens is 256 g/mol. The van der Waals surface area contributed by atoms with Gasteiger partial charge in [-0.05, 0) is 36.8 Å². The molecule has 0 spiro atoms. The minimum absolute atomic E-state index is 0.840. The van der Waals surface area contributed by atoms with E-state index in [1.807, 2.05) is 18.3 Å². The average molecular weight is 276 g/mol. The quantitative estimate of drug-likeness (QED) is 0.937. The van der Waals surface area contributed by atoms with Crippen molar-refractivity contribution in [2.24, 2.45) is 0 Å². The van der Waals surface area contributed by atoms with E-state index in [2.05, 4.69) is 33.1 Å². The van der Waals surface area contributed by atoms with E-state index in [1.54, 1.807) is 0 Å². The molecule has 2 aromatic rings. The number of rotatable bonds is 3. The number of aryl methyl sites for hydroxylation is 2. The van der Waals surface area contributed by atoms with Crippen LogP contribution >= 0.6 is 11.3 Å². The molecule has 0 saturated carbocycles. The van der Waals surface area contributed by atoms with Gasteiger partial charge in [-0.2, -0.15) is 5.10 Å². The lowest BCUT2D eigenvalue weighted by Gasteiger charge is -2.29. The predicted octanol–water partition coefficient (Wildman–Crippen LogP) is 2.81. The van der Waals surface area contributed by atoms with Crippen LogP contribution in [0.15, 0.2) is 11.4 Å². The molecule has 102 valence electrons. The van der Waals surface area contributed by atoms with Gasteiger partial charge in [-0.25, -0.2) is 4.68 Å². The third-order valence-corrected chi connectivity index (χ3v) is 4.71. The van der Waals surface area contributed by atoms with Crippen molar-refractivity contribution in [3.63, 3.8) is 0 Å². The summed E-state index contributed by atoms with van der Waals surface area (Å²) >= 11 is 1.87. The molecule has 0 unspecified atom stereocenters. The summed E-state index contributed by atoms with van der Waals surface area (Å²) in [5.74, 6) is 1.11. The summed E-state index contributed by atoms with van der Waals surface area (Å²) < 4.78 is 2.07. The van der Waals surface area contributed by atoms with Gasteiger partial charge in [-0.3, -0.25) is 0 Å². The first-order chi connectivity index (χ1) is 9.20. The van der Waals surface area contributed by atoms with Gasteiger partial charge in [-0.15, -0.1) is 11.3 Å². The van der Waals surface area contributed by atoms with Crippen molar-refractivity contribution in [1.29, 1.82) is 0 Å². The summed E-state index contributed by atoms with van der Waals surface area (Å²) in [7, 11) is 0. The van der Waals surface area contributed by atoms with Crippen molar-refractivity contribution in [2.75, 3.05) is 17.2 Å². The third-order valence-electron chi connectivity index (χ3n) is 3.69. The lowest BCUT2D eigenvalue weighted by atomic mass is 10.1. The lowest BCUT2D eigenvalue weighted by molar-refractivity contribution is 0.579. The molecule has 0 saturated heterocycles. The Bertz CT molecular complexity index is 584. The molecule has 0 aliphatic carbocycles. The zero-order valence-electron chi connectivity index (χ0n) is 11.5. The summed E-state index contributed by atoms with van der Waals surface area (Å²) in [6.07, 6.45) is 2.19. The van der Waals surface area contributed by atoms with E-state index < -0.39 is 0 Å². The molecule has 19 heavy (non-hydrogen) atoms. The largest absolute Gasteiger partial charge is 0.394 e. The van der Waals surface area contributed by atoms with Gasteiger partial charge < -0.3 is 10.6 Å². The Hall–Kier alpha value is -1.49. The maximum Gasteiger partial charge on any atom is 0.150 e. The van der Waals surface area contributed by atoms with E-state index in [1.165, 1.54) is 10.4 Å². The number of nitrogens with zero attached hydrogens (tertiary/aromatic N) is 3. The molecular formula is C14H20N4S. The lowest BCUT2D eigenvalue weighted by Crippen LogP contribution is -2.32. The Morgan fingerprint density at radius 3 is 3.11 bits per heavy atom. The first-order valence-corrected chi connectivity index (χ1v) is 7.71. The molecule has 0 radical (unpaired) electrons. The molecule has 1 aliphatic rings. The van der Waals surface area contributed by atoms with Gasteiger partial charge in [0.05, 0.1) is 11.4 Å². The monoisotopic (exact) mass is 276 g/mol. The van der Waals surface area contributed by atoms with E-state index in [0.29, 0.717) is 0 Å². The molecule has 0 atom stereocenters. The molecule has 2 aromatic heterocycles. The average Bonchev–Trinajstić information content (AvgIpc) is 2.95. The Morgan fingerprint density at radius 2 is 2.32 bits per heavy atom. The Kier molecular flexibility index (Phi) is 3.22. The minimum Gasteiger partial charge on any atom is -0.394 e. The van der Waals surface area contributed by atoms with Crippen LogP contribution in [0.2, 0.25) is 0 Å². The van der Waals surface area contributed by atoms with Crippen LogP contribution in [0.25, 0.3) is 0 Å². The van der Waals surface area contributed by atoms with Crippen molar-refractivity contribution in [3.8, 4) is 0 Å². The summed E-state index contributed by atoms with van der Waals surface area (Å²) in [6, 6.07) is 2.23. The molecule has 0 bridgehead atoms. The Morgan fingerprint density at radius 1 is 1.47 bits per heavy atom. The first-order valence-electron chi connectivity index (χ1n) is 6.83. The van der Waals surface area contributed by atoms with Crippen LogP contribution in [0.1, 0.15) is 29.5 Å². The second kappa shape index (κ2) is 4.89. The highest BCUT2D eigenvalue weighted by Gasteiger charge is 2.23. The molecule has 3 heterocycles. The standard InChI is InChI=1S/C14H20N4S/c1-3-6-18-14(13(15)10(2)16-18)17-7-4-12-11(9-17)5-8-19-12/h5,8H,3-4,6-7,9,15H2,1-2H3. The van der Waals surface area contributed by atoms with Gasteiger partial charge in [0.15, 0.2) is 5.82 Å². The summed E-state index contributed by atoms with van der Waals surface area (Å²) in [4.78, 5) is 3.90. The molecule has 4 nitrogen and oxygen atoms in total. The number of nitrogens with two attached hydrogens (primary N) is 1. The predicted molar refractivity (Wildman–Crippen MR) is 80.7 cm³/mol. The molecule has 5 heteroatoms. The highest BCUT2D eigenvalue weighted by Crippen LogP contribution is 2.32. The summed E-state index contributed by atoms with van der Waals surface area (Å²) in [6.45, 7) is 7.08. The molecule has 0 aromatic carbocycles. The maximum absolute atomic E-state index is 6.24. The van der Waals surface area contributed by atoms with Gasteiger partial charge in [-0.1, -0.05) is 6.92 Å². The number of hydrogen-bond donors (Lipinski definition) is 1. The number of aromatic nitrogens is 2. The minimum atomic E-state index is 0.840. The Balaban J connectivity index is 1.94. The molecule has 2 N–H and O–H groups in total. The SMILES string of the molecule is CCCn1nc(C)c(N)c1N1CCc2sccc2C1. The van der Waals surface area contributed by atoms with E-state index in [4.69, 9.17) is 5.73 Å². The number of nitrogen functional groups attached to an aromatic ring is 1. The van der Waals surface area contributed by atoms with E-state index in [-0.39, 0.29) is 0 Å². The van der Waals surface area contributed by atoms with Crippen molar-refractivity contribution in [1.82, 2.24) is 9.78 Å². The van der Waals surface area contributed by atoms with Crippen LogP contribution in [-0.4, -0.2) is 16.3 Å². The van der Waals surface area contributed by atoms with Gasteiger partial charge in [0, 0.05) is 24.5 Å². The fourth-order valence-corrected chi connectivity index (χ4v) is 3.60. The van der Waals surface area contributed by atoms with Crippen LogP contribution < -0.4 is 10.6 Å². The van der Waals surface area contributed by atoms with Gasteiger partial charge in [0.1, 0.15) is 0 Å². The highest BCUT2D eigenvalue weighted by atomic mass is 32.1. The normalized spacial score (nSPS) is 14.7. The maximum atomic E-state index is 6.24. The number of anilines is 2. The van der Waals surface area contributed by atoms with Crippen molar-refractivity contribution in [3.05, 3.63) is 27.6 Å². The molecule has 0 amide bonds. The van der Waals surface area contributed by atoms with Gasteiger partial charge in [0.2, 0.25) is 0 Å². The second-order valence-corrected chi connectivity index (χ2v) is 6.09. The highest BCUT2D eigenvalue weighted by molar-refractivity contribution is 7.10. The summed E-state index contributed by atoms with van der Waals surface area (Å²) in [5.41, 5.74) is 9.46. The third kappa shape index (κ3) is 2.12. The van der Waals surface area contributed by atoms with Crippen molar-refractivity contribution >= 4 is 22.8 Å². The van der Waals surface area contributed by atoms with Gasteiger partial charge in [0.25, 0.3) is 0 Å². The van der Waals surface area contributed by atoms with Crippen LogP contribution in [0, 0.1) is 6.92 Å². The topological polar surface area (TPSA) is 47.1 Å². The van der Waals surface area contributed by atoms with Crippen LogP contribution in [0.4, 0.5) is 11.5 Å². The van der Waals surface area contributed by atoms with Crippen molar-refractivity contribution < 1.29 is 0 Å². The van der Waals surface area contributed by atoms with Crippen LogP contribution in [0.5, 0.6) is 0 Å². The summed E-state index contributed by atoms with van der Waals surface area (Å²) in [5, 5.41) is 6.76. The van der Waals surface area contributed by atoms with Crippen LogP contribution in [-0.2, 0) is 19.5 Å². The fourth-order valence-electron chi connectivity index (χ4n) is 2.71. The zero-order valence-corrected chi connectivity index (χ0v) is 12.3. The molecule has 3 rings (SSSR count). The van der Waals surface area contributed by atoms with E-state index >= 15 is 0 Å². The first kappa shape index (κ1) is 12.5. The van der Waals surface area contributed by atoms with Crippen LogP contribution in [0.3, 0.4) is 0 Å². The Labute approximate surface area is 117 Å². The fraction of sp³-hybridized carbons (Fsp3) is 0.500. The number of hydrogen-bond acceptors (Lipinski definition) is 4.